The predicted octanol–water partition coefficient (Wildman–Crippen LogP) is -0.608. The molecule has 2 unspecified atom stereocenters. The van der Waals surface area contributed by atoms with Crippen LogP contribution in [0, 0.1) is 5.41 Å². The molecule has 28 heavy (non-hydrogen) atoms. The minimum absolute atomic E-state index is 0.0196. The highest BCUT2D eigenvalue weighted by Gasteiger charge is 2.36. The Morgan fingerprint density at radius 2 is 1.79 bits per heavy atom. The molecular formula is C16H33NO9SSi. The van der Waals surface area contributed by atoms with Crippen molar-refractivity contribution in [3.63, 3.8) is 0 Å². The first kappa shape index (κ1) is 27.3. The number of aliphatic hydroxyl groups is 2. The van der Waals surface area contributed by atoms with Gasteiger partial charge in [0.25, 0.3) is 0 Å². The summed E-state index contributed by atoms with van der Waals surface area (Å²) in [5, 5.41) is 19.0. The smallest absolute Gasteiger partial charge is 0.462 e. The van der Waals surface area contributed by atoms with Gasteiger partial charge >= 0.3 is 14.8 Å². The van der Waals surface area contributed by atoms with Crippen molar-refractivity contribution >= 4 is 32.4 Å². The molecule has 0 spiro atoms. The fourth-order valence-corrected chi connectivity index (χ4v) is 4.73. The highest BCUT2D eigenvalue weighted by molar-refractivity contribution is 8.00. The van der Waals surface area contributed by atoms with Crippen molar-refractivity contribution < 1.29 is 42.6 Å². The van der Waals surface area contributed by atoms with Crippen LogP contribution in [0.25, 0.3) is 0 Å². The normalized spacial score (nSPS) is 15.1. The Labute approximate surface area is 171 Å². The number of primary amides is 1. The predicted molar refractivity (Wildman–Crippen MR) is 106 cm³/mol. The molecule has 2 atom stereocenters. The molecule has 0 aromatic heterocycles. The second-order valence-corrected chi connectivity index (χ2v) is 10.5. The maximum atomic E-state index is 11.7. The van der Waals surface area contributed by atoms with Crippen LogP contribution in [0.5, 0.6) is 0 Å². The first-order valence-corrected chi connectivity index (χ1v) is 11.8. The minimum Gasteiger partial charge on any atom is -0.462 e. The van der Waals surface area contributed by atoms with Crippen LogP contribution in [0.2, 0.25) is 6.04 Å². The van der Waals surface area contributed by atoms with Crippen LogP contribution in [0.15, 0.2) is 0 Å². The molecule has 0 aromatic rings. The van der Waals surface area contributed by atoms with Gasteiger partial charge in [-0.25, -0.2) is 0 Å². The summed E-state index contributed by atoms with van der Waals surface area (Å²) in [7, 11) is 1.99. The van der Waals surface area contributed by atoms with E-state index in [2.05, 4.69) is 0 Å². The summed E-state index contributed by atoms with van der Waals surface area (Å²) < 4.78 is 26.2. The standard InChI is InChI=1S/C16H33NO9SSi/c1-16(11-18,15(17)21)12-27-10-14(20)26-9-13(19)8-25-6-5-7-28(22-2,23-3)24-4/h13,18-19H,5-12H2,1-4H3,(H2,17,21). The largest absolute Gasteiger partial charge is 0.500 e. The molecule has 12 heteroatoms. The van der Waals surface area contributed by atoms with E-state index in [9.17, 15) is 19.8 Å². The first-order valence-electron chi connectivity index (χ1n) is 8.74. The molecule has 0 aliphatic carbocycles. The Morgan fingerprint density at radius 3 is 2.29 bits per heavy atom. The number of hydrogen-bond acceptors (Lipinski definition) is 10. The molecule has 0 aromatic carbocycles. The first-order chi connectivity index (χ1) is 13.2. The SMILES string of the molecule is CO[Si](CCCOCC(O)COC(=O)CSCC(C)(CO)C(N)=O)(OC)OC. The van der Waals surface area contributed by atoms with E-state index in [4.69, 9.17) is 28.5 Å². The van der Waals surface area contributed by atoms with Gasteiger partial charge in [0.1, 0.15) is 12.7 Å². The van der Waals surface area contributed by atoms with Gasteiger partial charge in [0.15, 0.2) is 0 Å². The highest BCUT2D eigenvalue weighted by atomic mass is 32.2. The lowest BCUT2D eigenvalue weighted by atomic mass is 9.94. The fraction of sp³-hybridized carbons (Fsp3) is 0.875. The van der Waals surface area contributed by atoms with Crippen LogP contribution in [0.3, 0.4) is 0 Å². The molecule has 0 aliphatic heterocycles. The van der Waals surface area contributed by atoms with Crippen molar-refractivity contribution in [2.45, 2.75) is 25.5 Å². The quantitative estimate of drug-likeness (QED) is 0.151. The zero-order valence-corrected chi connectivity index (χ0v) is 18.8. The summed E-state index contributed by atoms with van der Waals surface area (Å²) in [4.78, 5) is 22.9. The molecule has 0 rings (SSSR count). The average molecular weight is 444 g/mol. The Balaban J connectivity index is 3.90. The molecule has 1 amide bonds. The van der Waals surface area contributed by atoms with Crippen LogP contribution in [-0.4, -0.2) is 96.3 Å². The second-order valence-electron chi connectivity index (χ2n) is 6.39. The number of carbonyl (C=O) groups is 2. The lowest BCUT2D eigenvalue weighted by molar-refractivity contribution is -0.144. The molecule has 0 aliphatic rings. The number of thioether (sulfide) groups is 1. The van der Waals surface area contributed by atoms with Crippen molar-refractivity contribution in [1.82, 2.24) is 0 Å². The fourth-order valence-electron chi connectivity index (χ4n) is 2.00. The van der Waals surface area contributed by atoms with Crippen molar-refractivity contribution in [3.8, 4) is 0 Å². The van der Waals surface area contributed by atoms with Gasteiger partial charge in [0, 0.05) is 39.7 Å². The van der Waals surface area contributed by atoms with Gasteiger partial charge in [0.2, 0.25) is 5.91 Å². The van der Waals surface area contributed by atoms with Gasteiger partial charge in [-0.15, -0.1) is 11.8 Å². The Hall–Kier alpha value is -0.733. The van der Waals surface area contributed by atoms with Gasteiger partial charge in [-0.3, -0.25) is 9.59 Å². The molecule has 0 radical (unpaired) electrons. The summed E-state index contributed by atoms with van der Waals surface area (Å²) in [6.45, 7) is 1.32. The number of carbonyl (C=O) groups excluding carboxylic acids is 2. The molecule has 0 saturated heterocycles. The number of rotatable bonds is 17. The molecular weight excluding hydrogens is 410 g/mol. The van der Waals surface area contributed by atoms with Gasteiger partial charge in [0.05, 0.1) is 24.4 Å². The molecule has 0 bridgehead atoms. The number of amides is 1. The van der Waals surface area contributed by atoms with Crippen LogP contribution >= 0.6 is 11.8 Å². The third-order valence-corrected chi connectivity index (χ3v) is 8.15. The summed E-state index contributed by atoms with van der Waals surface area (Å²) in [5.41, 5.74) is 4.13. The molecule has 0 saturated carbocycles. The van der Waals surface area contributed by atoms with Gasteiger partial charge in [-0.05, 0) is 13.3 Å². The summed E-state index contributed by atoms with van der Waals surface area (Å²) >= 11 is 1.13. The Kier molecular flexibility index (Phi) is 13.9. The van der Waals surface area contributed by atoms with E-state index in [1.807, 2.05) is 0 Å². The lowest BCUT2D eigenvalue weighted by Gasteiger charge is -2.24. The number of hydrogen-bond donors (Lipinski definition) is 3. The van der Waals surface area contributed by atoms with Crippen LogP contribution in [0.1, 0.15) is 13.3 Å². The molecule has 0 heterocycles. The van der Waals surface area contributed by atoms with E-state index in [-0.39, 0.29) is 24.7 Å². The average Bonchev–Trinajstić information content (AvgIpc) is 2.69. The summed E-state index contributed by atoms with van der Waals surface area (Å²) in [5.74, 6) is -1.00. The molecule has 0 fully saturated rings. The summed E-state index contributed by atoms with van der Waals surface area (Å²) in [6.07, 6.45) is -0.314. The van der Waals surface area contributed by atoms with Crippen molar-refractivity contribution in [3.05, 3.63) is 0 Å². The van der Waals surface area contributed by atoms with Crippen LogP contribution < -0.4 is 5.73 Å². The van der Waals surface area contributed by atoms with Gasteiger partial charge in [-0.2, -0.15) is 0 Å². The van der Waals surface area contributed by atoms with Gasteiger partial charge < -0.3 is 38.7 Å². The third-order valence-electron chi connectivity index (χ3n) is 4.04. The zero-order chi connectivity index (χ0) is 21.6. The second kappa shape index (κ2) is 14.3. The van der Waals surface area contributed by atoms with Crippen LogP contribution in [0.4, 0.5) is 0 Å². The zero-order valence-electron chi connectivity index (χ0n) is 17.0. The maximum Gasteiger partial charge on any atom is 0.500 e. The van der Waals surface area contributed by atoms with E-state index in [0.29, 0.717) is 19.1 Å². The maximum absolute atomic E-state index is 11.7. The van der Waals surface area contributed by atoms with E-state index in [1.165, 1.54) is 28.3 Å². The van der Waals surface area contributed by atoms with Crippen molar-refractivity contribution in [2.24, 2.45) is 11.1 Å². The van der Waals surface area contributed by atoms with E-state index >= 15 is 0 Å². The third kappa shape index (κ3) is 10.2. The van der Waals surface area contributed by atoms with Crippen molar-refractivity contribution in [2.75, 3.05) is 59.3 Å². The molecule has 4 N–H and O–H groups in total. The summed E-state index contributed by atoms with van der Waals surface area (Å²) in [6, 6.07) is 0.580. The Morgan fingerprint density at radius 1 is 1.18 bits per heavy atom. The molecule has 166 valence electrons. The van der Waals surface area contributed by atoms with E-state index in [0.717, 1.165) is 11.8 Å². The van der Waals surface area contributed by atoms with E-state index in [1.54, 1.807) is 0 Å². The number of nitrogens with two attached hydrogens (primary N) is 1. The molecule has 10 nitrogen and oxygen atoms in total. The van der Waals surface area contributed by atoms with Gasteiger partial charge in [-0.1, -0.05) is 0 Å². The number of aliphatic hydroxyl groups excluding tert-OH is 2. The van der Waals surface area contributed by atoms with E-state index < -0.39 is 38.8 Å². The van der Waals surface area contributed by atoms with Crippen LogP contribution in [-0.2, 0) is 32.3 Å². The minimum atomic E-state index is -2.62. The lowest BCUT2D eigenvalue weighted by Crippen LogP contribution is -2.42. The topological polar surface area (TPSA) is 147 Å². The highest BCUT2D eigenvalue weighted by Crippen LogP contribution is 2.21. The Bertz CT molecular complexity index is 459. The number of esters is 1. The monoisotopic (exact) mass is 443 g/mol. The van der Waals surface area contributed by atoms with Crippen molar-refractivity contribution in [1.29, 1.82) is 0 Å². The number of ether oxygens (including phenoxy) is 2.